The molecule has 0 saturated carbocycles. The first-order valence-electron chi connectivity index (χ1n) is 9.44. The highest BCUT2D eigenvalue weighted by atomic mass is 16.6. The van der Waals surface area contributed by atoms with Gasteiger partial charge in [-0.1, -0.05) is 77.0 Å². The molecule has 4 nitrogen and oxygen atoms in total. The van der Waals surface area contributed by atoms with Crippen LogP contribution < -0.4 is 4.74 Å². The fraction of sp³-hybridized carbons (Fsp3) is 0.417. The number of nitrogens with zero attached hydrogens (tertiary/aromatic N) is 2. The maximum Gasteiger partial charge on any atom is 0.187 e. The van der Waals surface area contributed by atoms with Gasteiger partial charge in [0.1, 0.15) is 25.5 Å². The molecule has 0 saturated heterocycles. The second-order valence-corrected chi connectivity index (χ2v) is 8.93. The fourth-order valence-corrected chi connectivity index (χ4v) is 2.81. The monoisotopic (exact) mass is 378 g/mol. The number of ether oxygens (including phenoxy) is 1. The number of oxime groups is 1. The van der Waals surface area contributed by atoms with Crippen LogP contribution in [-0.2, 0) is 22.3 Å². The van der Waals surface area contributed by atoms with Crippen LogP contribution in [-0.4, -0.2) is 12.8 Å². The molecule has 0 N–H and O–H groups in total. The van der Waals surface area contributed by atoms with Crippen molar-refractivity contribution in [2.24, 2.45) is 5.16 Å². The summed E-state index contributed by atoms with van der Waals surface area (Å²) in [5.41, 5.74) is 4.37. The summed E-state index contributed by atoms with van der Waals surface area (Å²) in [7, 11) is 1.43. The third-order valence-electron chi connectivity index (χ3n) is 4.59. The van der Waals surface area contributed by atoms with E-state index in [0.29, 0.717) is 6.61 Å². The molecule has 0 aliphatic rings. The van der Waals surface area contributed by atoms with Crippen molar-refractivity contribution in [1.29, 1.82) is 5.26 Å². The van der Waals surface area contributed by atoms with E-state index < -0.39 is 0 Å². The Morgan fingerprint density at radius 2 is 1.54 bits per heavy atom. The van der Waals surface area contributed by atoms with Crippen LogP contribution in [0.1, 0.15) is 63.8 Å². The molecule has 0 heterocycles. The zero-order valence-electron chi connectivity index (χ0n) is 18.0. The van der Waals surface area contributed by atoms with E-state index in [4.69, 9.17) is 9.57 Å². The second kappa shape index (κ2) is 8.48. The van der Waals surface area contributed by atoms with Crippen LogP contribution >= 0.6 is 0 Å². The Hall–Kier alpha value is -2.80. The lowest BCUT2D eigenvalue weighted by atomic mass is 9.80. The van der Waals surface area contributed by atoms with Crippen LogP contribution in [0.5, 0.6) is 5.75 Å². The van der Waals surface area contributed by atoms with Gasteiger partial charge in [0.05, 0.1) is 0 Å². The molecule has 2 aromatic carbocycles. The Kier molecular flexibility index (Phi) is 6.51. The summed E-state index contributed by atoms with van der Waals surface area (Å²) < 4.78 is 6.17. The van der Waals surface area contributed by atoms with Gasteiger partial charge in [0.2, 0.25) is 0 Å². The Bertz CT molecular complexity index is 862. The van der Waals surface area contributed by atoms with Gasteiger partial charge in [-0.05, 0) is 39.7 Å². The maximum absolute atomic E-state index is 9.37. The summed E-state index contributed by atoms with van der Waals surface area (Å²) in [5, 5.41) is 13.2. The summed E-state index contributed by atoms with van der Waals surface area (Å²) in [4.78, 5) is 4.80. The quantitative estimate of drug-likeness (QED) is 0.493. The topological polar surface area (TPSA) is 54.6 Å². The molecule has 0 aliphatic carbocycles. The van der Waals surface area contributed by atoms with Gasteiger partial charge < -0.3 is 9.57 Å². The van der Waals surface area contributed by atoms with Gasteiger partial charge >= 0.3 is 0 Å². The van der Waals surface area contributed by atoms with Crippen molar-refractivity contribution >= 4 is 5.71 Å². The molecule has 0 unspecified atom stereocenters. The highest BCUT2D eigenvalue weighted by Crippen LogP contribution is 2.33. The lowest BCUT2D eigenvalue weighted by molar-refractivity contribution is 0.214. The zero-order chi connectivity index (χ0) is 20.9. The average molecular weight is 379 g/mol. The van der Waals surface area contributed by atoms with Gasteiger partial charge in [-0.15, -0.1) is 0 Å². The molecule has 0 radical (unpaired) electrons. The van der Waals surface area contributed by atoms with Crippen LogP contribution in [0.15, 0.2) is 47.6 Å². The average Bonchev–Trinajstić information content (AvgIpc) is 2.63. The minimum Gasteiger partial charge on any atom is -0.489 e. The summed E-state index contributed by atoms with van der Waals surface area (Å²) in [5.74, 6) is 0.828. The molecule has 0 amide bonds. The number of hydrogen-bond acceptors (Lipinski definition) is 4. The van der Waals surface area contributed by atoms with Crippen molar-refractivity contribution < 1.29 is 9.57 Å². The fourth-order valence-electron chi connectivity index (χ4n) is 2.81. The van der Waals surface area contributed by atoms with E-state index in [2.05, 4.69) is 71.0 Å². The third-order valence-corrected chi connectivity index (χ3v) is 4.59. The number of hydrogen-bond donors (Lipinski definition) is 0. The highest BCUT2D eigenvalue weighted by molar-refractivity contribution is 6.12. The lowest BCUT2D eigenvalue weighted by Gasteiger charge is -2.26. The first kappa shape index (κ1) is 21.5. The predicted octanol–water partition coefficient (Wildman–Crippen LogP) is 5.73. The Labute approximate surface area is 168 Å². The van der Waals surface area contributed by atoms with Crippen LogP contribution in [0.3, 0.4) is 0 Å². The van der Waals surface area contributed by atoms with Crippen LogP contribution in [0.4, 0.5) is 0 Å². The van der Waals surface area contributed by atoms with Gasteiger partial charge in [-0.25, -0.2) is 0 Å². The van der Waals surface area contributed by atoms with Crippen LogP contribution in [0.25, 0.3) is 0 Å². The van der Waals surface area contributed by atoms with Crippen molar-refractivity contribution in [3.8, 4) is 11.8 Å². The number of rotatable bonds is 5. The van der Waals surface area contributed by atoms with Gasteiger partial charge in [0.25, 0.3) is 0 Å². The maximum atomic E-state index is 9.37. The molecule has 0 fully saturated rings. The van der Waals surface area contributed by atoms with E-state index in [1.54, 1.807) is 0 Å². The smallest absolute Gasteiger partial charge is 0.187 e. The van der Waals surface area contributed by atoms with Crippen molar-refractivity contribution in [1.82, 2.24) is 0 Å². The molecule has 0 atom stereocenters. The van der Waals surface area contributed by atoms with Crippen LogP contribution in [0, 0.1) is 11.3 Å². The predicted molar refractivity (Wildman–Crippen MR) is 114 cm³/mol. The van der Waals surface area contributed by atoms with E-state index in [9.17, 15) is 5.26 Å². The molecule has 28 heavy (non-hydrogen) atoms. The van der Waals surface area contributed by atoms with E-state index in [1.807, 2.05) is 24.3 Å². The van der Waals surface area contributed by atoms with Crippen LogP contribution in [0.2, 0.25) is 0 Å². The second-order valence-electron chi connectivity index (χ2n) is 8.93. The molecule has 0 spiro atoms. The van der Waals surface area contributed by atoms with Gasteiger partial charge in [0, 0.05) is 5.56 Å². The first-order chi connectivity index (χ1) is 13.1. The molecule has 2 rings (SSSR count). The zero-order valence-corrected chi connectivity index (χ0v) is 18.0. The van der Waals surface area contributed by atoms with E-state index >= 15 is 0 Å². The largest absolute Gasteiger partial charge is 0.489 e. The van der Waals surface area contributed by atoms with Crippen molar-refractivity contribution in [3.05, 3.63) is 64.7 Å². The Morgan fingerprint density at radius 3 is 2.04 bits per heavy atom. The van der Waals surface area contributed by atoms with Gasteiger partial charge in [0.15, 0.2) is 5.71 Å². The lowest BCUT2D eigenvalue weighted by Crippen LogP contribution is -2.16. The van der Waals surface area contributed by atoms with Crippen molar-refractivity contribution in [2.45, 2.75) is 59.0 Å². The summed E-state index contributed by atoms with van der Waals surface area (Å²) >= 11 is 0. The molecular weight excluding hydrogens is 348 g/mol. The van der Waals surface area contributed by atoms with Crippen molar-refractivity contribution in [2.75, 3.05) is 7.11 Å². The minimum absolute atomic E-state index is 0.0242. The molecule has 0 aromatic heterocycles. The molecular formula is C24H30N2O2. The number of nitriles is 1. The minimum atomic E-state index is 0.0242. The highest BCUT2D eigenvalue weighted by Gasteiger charge is 2.21. The molecule has 0 bridgehead atoms. The molecule has 2 aromatic rings. The molecule has 4 heteroatoms. The molecule has 148 valence electrons. The number of benzene rings is 2. The van der Waals surface area contributed by atoms with E-state index in [0.717, 1.165) is 16.9 Å². The normalized spacial score (nSPS) is 12.4. The van der Waals surface area contributed by atoms with Gasteiger partial charge in [-0.2, -0.15) is 5.26 Å². The Balaban J connectivity index is 2.38. The van der Waals surface area contributed by atoms with E-state index in [1.165, 1.54) is 18.2 Å². The SMILES string of the molecule is CO/N=C(/C#N)c1ccccc1COc1cc(C(C)(C)C)cc(C(C)(C)C)c1. The first-order valence-corrected chi connectivity index (χ1v) is 9.44. The summed E-state index contributed by atoms with van der Waals surface area (Å²) in [6, 6.07) is 16.2. The van der Waals surface area contributed by atoms with E-state index in [-0.39, 0.29) is 16.5 Å². The van der Waals surface area contributed by atoms with Crippen molar-refractivity contribution in [3.63, 3.8) is 0 Å². The summed E-state index contributed by atoms with van der Waals surface area (Å²) in [6.45, 7) is 13.6. The Morgan fingerprint density at radius 1 is 0.964 bits per heavy atom. The third kappa shape index (κ3) is 5.36. The molecule has 0 aliphatic heterocycles. The van der Waals surface area contributed by atoms with Gasteiger partial charge in [-0.3, -0.25) is 0 Å². The standard InChI is InChI=1S/C24H30N2O2/c1-23(2,3)18-12-19(24(4,5)6)14-20(13-18)28-16-17-10-8-9-11-21(17)22(15-25)26-27-7/h8-14H,16H2,1-7H3/b26-22-. The summed E-state index contributed by atoms with van der Waals surface area (Å²) in [6.07, 6.45) is 0.